The van der Waals surface area contributed by atoms with E-state index in [2.05, 4.69) is 65.8 Å². The molecule has 1 unspecified atom stereocenters. The summed E-state index contributed by atoms with van der Waals surface area (Å²) in [6, 6.07) is 10.3. The maximum Gasteiger partial charge on any atom is 0.191 e. The van der Waals surface area contributed by atoms with Gasteiger partial charge in [-0.3, -0.25) is 4.99 Å². The molecule has 0 aliphatic heterocycles. The molecule has 1 heterocycles. The number of aliphatic imine (C=N–C) groups is 1. The molecule has 1 atom stereocenters. The van der Waals surface area contributed by atoms with Crippen molar-refractivity contribution in [1.29, 1.82) is 0 Å². The Labute approximate surface area is 161 Å². The lowest BCUT2D eigenvalue weighted by molar-refractivity contribution is 0.297. The summed E-state index contributed by atoms with van der Waals surface area (Å²) in [6.07, 6.45) is 0. The fourth-order valence-corrected chi connectivity index (χ4v) is 2.72. The molecule has 1 aromatic carbocycles. The third kappa shape index (κ3) is 5.99. The Balaban J connectivity index is 1.95. The van der Waals surface area contributed by atoms with Crippen LogP contribution in [0.25, 0.3) is 0 Å². The van der Waals surface area contributed by atoms with E-state index >= 15 is 0 Å². The van der Waals surface area contributed by atoms with E-state index in [9.17, 15) is 0 Å². The number of guanidine groups is 1. The van der Waals surface area contributed by atoms with Crippen molar-refractivity contribution in [3.8, 4) is 5.75 Å². The van der Waals surface area contributed by atoms with Gasteiger partial charge in [-0.1, -0.05) is 31.1 Å². The van der Waals surface area contributed by atoms with Crippen LogP contribution < -0.4 is 15.4 Å². The van der Waals surface area contributed by atoms with Crippen LogP contribution in [0.1, 0.15) is 42.8 Å². The zero-order valence-electron chi connectivity index (χ0n) is 17.1. The van der Waals surface area contributed by atoms with Crippen molar-refractivity contribution in [2.75, 3.05) is 34.8 Å². The van der Waals surface area contributed by atoms with E-state index in [1.54, 1.807) is 14.2 Å². The van der Waals surface area contributed by atoms with Gasteiger partial charge in [-0.2, -0.15) is 0 Å². The normalized spacial score (nSPS) is 13.1. The molecule has 1 aromatic heterocycles. The van der Waals surface area contributed by atoms with Crippen LogP contribution in [0.15, 0.2) is 39.8 Å². The predicted octanol–water partition coefficient (Wildman–Crippen LogP) is 2.77. The molecule has 7 nitrogen and oxygen atoms in total. The van der Waals surface area contributed by atoms with Gasteiger partial charge in [0.15, 0.2) is 11.7 Å². The summed E-state index contributed by atoms with van der Waals surface area (Å²) in [7, 11) is 7.56. The van der Waals surface area contributed by atoms with Gasteiger partial charge in [0.25, 0.3) is 0 Å². The molecule has 0 radical (unpaired) electrons. The summed E-state index contributed by atoms with van der Waals surface area (Å²) >= 11 is 0. The lowest BCUT2D eigenvalue weighted by Gasteiger charge is -2.26. The zero-order valence-corrected chi connectivity index (χ0v) is 17.1. The van der Waals surface area contributed by atoms with Crippen molar-refractivity contribution >= 4 is 5.96 Å². The SMILES string of the molecule is CN=C(NCc1cc(C(C)C)no1)NCC(c1cccc(OC)c1)N(C)C. The summed E-state index contributed by atoms with van der Waals surface area (Å²) in [5.41, 5.74) is 2.14. The van der Waals surface area contributed by atoms with Crippen LogP contribution in [0.4, 0.5) is 0 Å². The van der Waals surface area contributed by atoms with Gasteiger partial charge in [-0.05, 0) is 37.7 Å². The first-order valence-corrected chi connectivity index (χ1v) is 9.15. The number of nitrogens with zero attached hydrogens (tertiary/aromatic N) is 3. The Morgan fingerprint density at radius 3 is 2.63 bits per heavy atom. The molecule has 7 heteroatoms. The van der Waals surface area contributed by atoms with Crippen molar-refractivity contribution in [3.63, 3.8) is 0 Å². The highest BCUT2D eigenvalue weighted by atomic mass is 16.5. The average Bonchev–Trinajstić information content (AvgIpc) is 3.13. The molecule has 2 aromatic rings. The molecular formula is C20H31N5O2. The van der Waals surface area contributed by atoms with Crippen LogP contribution in [0.2, 0.25) is 0 Å². The van der Waals surface area contributed by atoms with Crippen molar-refractivity contribution in [1.82, 2.24) is 20.7 Å². The van der Waals surface area contributed by atoms with Gasteiger partial charge in [0.05, 0.1) is 25.4 Å². The Hall–Kier alpha value is -2.54. The molecule has 0 fully saturated rings. The molecule has 0 amide bonds. The lowest BCUT2D eigenvalue weighted by Crippen LogP contribution is -2.41. The Morgan fingerprint density at radius 1 is 1.26 bits per heavy atom. The highest BCUT2D eigenvalue weighted by Crippen LogP contribution is 2.22. The van der Waals surface area contributed by atoms with Gasteiger partial charge in [0, 0.05) is 19.7 Å². The van der Waals surface area contributed by atoms with E-state index in [1.165, 1.54) is 5.56 Å². The van der Waals surface area contributed by atoms with Crippen LogP contribution in [0.5, 0.6) is 5.75 Å². The molecule has 2 rings (SSSR count). The molecule has 27 heavy (non-hydrogen) atoms. The summed E-state index contributed by atoms with van der Waals surface area (Å²) < 4.78 is 10.7. The summed E-state index contributed by atoms with van der Waals surface area (Å²) in [5.74, 6) is 2.71. The maximum atomic E-state index is 5.36. The van der Waals surface area contributed by atoms with Gasteiger partial charge in [0.1, 0.15) is 5.75 Å². The molecular weight excluding hydrogens is 342 g/mol. The van der Waals surface area contributed by atoms with E-state index in [0.717, 1.165) is 17.2 Å². The van der Waals surface area contributed by atoms with E-state index in [0.29, 0.717) is 25.0 Å². The van der Waals surface area contributed by atoms with Gasteiger partial charge in [0.2, 0.25) is 0 Å². The monoisotopic (exact) mass is 373 g/mol. The number of nitrogens with one attached hydrogen (secondary N) is 2. The van der Waals surface area contributed by atoms with Crippen molar-refractivity contribution in [2.24, 2.45) is 4.99 Å². The highest BCUT2D eigenvalue weighted by molar-refractivity contribution is 5.79. The highest BCUT2D eigenvalue weighted by Gasteiger charge is 2.16. The first-order chi connectivity index (χ1) is 12.9. The standard InChI is InChI=1S/C20H31N5O2/c1-14(2)18-11-17(27-24-18)12-22-20(21-3)23-13-19(25(4)5)15-8-7-9-16(10-15)26-6/h7-11,14,19H,12-13H2,1-6H3,(H2,21,22,23). The first-order valence-electron chi connectivity index (χ1n) is 9.15. The summed E-state index contributed by atoms with van der Waals surface area (Å²) in [6.45, 7) is 5.42. The smallest absolute Gasteiger partial charge is 0.191 e. The lowest BCUT2D eigenvalue weighted by atomic mass is 10.1. The van der Waals surface area contributed by atoms with E-state index < -0.39 is 0 Å². The fourth-order valence-electron chi connectivity index (χ4n) is 2.72. The molecule has 2 N–H and O–H groups in total. The van der Waals surface area contributed by atoms with Crippen LogP contribution >= 0.6 is 0 Å². The van der Waals surface area contributed by atoms with E-state index in [4.69, 9.17) is 9.26 Å². The van der Waals surface area contributed by atoms with Crippen LogP contribution in [-0.4, -0.2) is 50.8 Å². The van der Waals surface area contributed by atoms with Crippen molar-refractivity contribution < 1.29 is 9.26 Å². The number of rotatable bonds is 8. The molecule has 0 aliphatic carbocycles. The minimum absolute atomic E-state index is 0.177. The van der Waals surface area contributed by atoms with Crippen molar-refractivity contribution in [3.05, 3.63) is 47.3 Å². The Kier molecular flexibility index (Phi) is 7.67. The zero-order chi connectivity index (χ0) is 19.8. The predicted molar refractivity (Wildman–Crippen MR) is 108 cm³/mol. The minimum atomic E-state index is 0.177. The number of aromatic nitrogens is 1. The third-order valence-corrected chi connectivity index (χ3v) is 4.39. The molecule has 148 valence electrons. The second-order valence-electron chi connectivity index (χ2n) is 6.94. The minimum Gasteiger partial charge on any atom is -0.497 e. The molecule has 0 aliphatic rings. The number of ether oxygens (including phenoxy) is 1. The van der Waals surface area contributed by atoms with E-state index in [-0.39, 0.29) is 6.04 Å². The number of hydrogen-bond donors (Lipinski definition) is 2. The van der Waals surface area contributed by atoms with Gasteiger partial charge in [-0.15, -0.1) is 0 Å². The second kappa shape index (κ2) is 9.97. The third-order valence-electron chi connectivity index (χ3n) is 4.39. The molecule has 0 spiro atoms. The van der Waals surface area contributed by atoms with E-state index in [1.807, 2.05) is 18.2 Å². The quantitative estimate of drug-likeness (QED) is 0.547. The number of hydrogen-bond acceptors (Lipinski definition) is 5. The molecule has 0 saturated carbocycles. The average molecular weight is 374 g/mol. The summed E-state index contributed by atoms with van der Waals surface area (Å²) in [4.78, 5) is 6.46. The molecule has 0 saturated heterocycles. The second-order valence-corrected chi connectivity index (χ2v) is 6.94. The molecule has 0 bridgehead atoms. The maximum absolute atomic E-state index is 5.36. The number of methoxy groups -OCH3 is 1. The largest absolute Gasteiger partial charge is 0.497 e. The van der Waals surface area contributed by atoms with Crippen molar-refractivity contribution in [2.45, 2.75) is 32.4 Å². The first kappa shape index (κ1) is 20.8. The Morgan fingerprint density at radius 2 is 2.04 bits per heavy atom. The van der Waals surface area contributed by atoms with Crippen LogP contribution in [-0.2, 0) is 6.54 Å². The van der Waals surface area contributed by atoms with Crippen LogP contribution in [0.3, 0.4) is 0 Å². The fraction of sp³-hybridized carbons (Fsp3) is 0.500. The Bertz CT molecular complexity index is 739. The number of benzene rings is 1. The number of likely N-dealkylation sites (N-methyl/N-ethyl adjacent to an activating group) is 1. The van der Waals surface area contributed by atoms with Gasteiger partial charge >= 0.3 is 0 Å². The summed E-state index contributed by atoms with van der Waals surface area (Å²) in [5, 5.41) is 10.7. The van der Waals surface area contributed by atoms with Gasteiger partial charge < -0.3 is 24.8 Å². The van der Waals surface area contributed by atoms with Gasteiger partial charge in [-0.25, -0.2) is 0 Å². The topological polar surface area (TPSA) is 74.9 Å². The van der Waals surface area contributed by atoms with Crippen LogP contribution in [0, 0.1) is 0 Å².